The van der Waals surface area contributed by atoms with Gasteiger partial charge in [0.25, 0.3) is 0 Å². The van der Waals surface area contributed by atoms with Gasteiger partial charge in [0.2, 0.25) is 0 Å². The van der Waals surface area contributed by atoms with Gasteiger partial charge in [0.15, 0.2) is 0 Å². The third-order valence-electron chi connectivity index (χ3n) is 3.09. The zero-order valence-corrected chi connectivity index (χ0v) is 13.4. The molecule has 3 nitrogen and oxygen atoms in total. The molecule has 112 valence electrons. The van der Waals surface area contributed by atoms with Gasteiger partial charge in [0.05, 0.1) is 0 Å². The first-order chi connectivity index (χ1) is 10.0. The lowest BCUT2D eigenvalue weighted by atomic mass is 10.2. The van der Waals surface area contributed by atoms with Gasteiger partial charge in [0, 0.05) is 41.1 Å². The van der Waals surface area contributed by atoms with Crippen molar-refractivity contribution in [1.82, 2.24) is 10.3 Å². The lowest BCUT2D eigenvalue weighted by Gasteiger charge is -2.14. The first kappa shape index (κ1) is 15.8. The van der Waals surface area contributed by atoms with Crippen LogP contribution in [0.2, 0.25) is 5.02 Å². The Balaban J connectivity index is 2.06. The Hall–Kier alpha value is -1.58. The molecule has 0 atom stereocenters. The number of nitrogens with one attached hydrogen (secondary N) is 1. The van der Waals surface area contributed by atoms with Gasteiger partial charge in [-0.25, -0.2) is 0 Å². The molecule has 0 fully saturated rings. The molecule has 0 aliphatic heterocycles. The van der Waals surface area contributed by atoms with Crippen LogP contribution in [0.15, 0.2) is 36.5 Å². The Labute approximate surface area is 131 Å². The van der Waals surface area contributed by atoms with Gasteiger partial charge < -0.3 is 10.1 Å². The predicted octanol–water partition coefficient (Wildman–Crippen LogP) is 4.12. The Morgan fingerprint density at radius 1 is 1.24 bits per heavy atom. The highest BCUT2D eigenvalue weighted by atomic mass is 35.5. The maximum atomic E-state index is 5.95. The highest BCUT2D eigenvalue weighted by Gasteiger charge is 2.06. The third-order valence-corrected chi connectivity index (χ3v) is 3.34. The number of halogens is 1. The second-order valence-electron chi connectivity index (χ2n) is 5.38. The zero-order chi connectivity index (χ0) is 15.2. The number of aryl methyl sites for hydroxylation is 1. The average Bonchev–Trinajstić information content (AvgIpc) is 2.45. The van der Waals surface area contributed by atoms with Crippen molar-refractivity contribution in [2.24, 2.45) is 0 Å². The van der Waals surface area contributed by atoms with E-state index in [0.29, 0.717) is 12.6 Å². The monoisotopic (exact) mass is 304 g/mol. The van der Waals surface area contributed by atoms with E-state index in [1.165, 1.54) is 0 Å². The molecule has 0 unspecified atom stereocenters. The maximum absolute atomic E-state index is 5.95. The summed E-state index contributed by atoms with van der Waals surface area (Å²) in [5.74, 6) is 0.880. The number of hydrogen-bond acceptors (Lipinski definition) is 3. The van der Waals surface area contributed by atoms with E-state index in [1.807, 2.05) is 43.5 Å². The molecule has 0 saturated heterocycles. The first-order valence-corrected chi connectivity index (χ1v) is 7.48. The van der Waals surface area contributed by atoms with Gasteiger partial charge in [-0.15, -0.1) is 0 Å². The zero-order valence-electron chi connectivity index (χ0n) is 12.7. The molecule has 0 bridgehead atoms. The highest BCUT2D eigenvalue weighted by Crippen LogP contribution is 2.20. The fraction of sp³-hybridized carbons (Fsp3) is 0.353. The number of nitrogens with zero attached hydrogens (tertiary/aromatic N) is 1. The quantitative estimate of drug-likeness (QED) is 0.871. The number of hydrogen-bond donors (Lipinski definition) is 1. The lowest BCUT2D eigenvalue weighted by Crippen LogP contribution is -2.22. The van der Waals surface area contributed by atoms with Crippen LogP contribution < -0.4 is 10.1 Å². The van der Waals surface area contributed by atoms with Crippen LogP contribution in [-0.4, -0.2) is 11.0 Å². The maximum Gasteiger partial charge on any atom is 0.127 e. The smallest absolute Gasteiger partial charge is 0.127 e. The van der Waals surface area contributed by atoms with E-state index in [0.717, 1.165) is 34.1 Å². The second kappa shape index (κ2) is 7.43. The van der Waals surface area contributed by atoms with Gasteiger partial charge in [-0.2, -0.15) is 0 Å². The predicted molar refractivity (Wildman–Crippen MR) is 86.7 cm³/mol. The molecule has 0 radical (unpaired) electrons. The Morgan fingerprint density at radius 2 is 1.95 bits per heavy atom. The molecule has 1 aromatic heterocycles. The Bertz CT molecular complexity index is 582. The Morgan fingerprint density at radius 3 is 2.62 bits per heavy atom. The summed E-state index contributed by atoms with van der Waals surface area (Å²) in [6, 6.07) is 10.1. The van der Waals surface area contributed by atoms with Crippen LogP contribution in [-0.2, 0) is 13.2 Å². The van der Waals surface area contributed by atoms with Gasteiger partial charge in [-0.05, 0) is 24.6 Å². The van der Waals surface area contributed by atoms with Gasteiger partial charge >= 0.3 is 0 Å². The van der Waals surface area contributed by atoms with Crippen molar-refractivity contribution in [2.75, 3.05) is 0 Å². The largest absolute Gasteiger partial charge is 0.488 e. The fourth-order valence-corrected chi connectivity index (χ4v) is 2.01. The van der Waals surface area contributed by atoms with E-state index in [1.54, 1.807) is 0 Å². The third kappa shape index (κ3) is 5.03. The van der Waals surface area contributed by atoms with Crippen molar-refractivity contribution in [3.05, 3.63) is 58.4 Å². The minimum Gasteiger partial charge on any atom is -0.488 e. The van der Waals surface area contributed by atoms with E-state index >= 15 is 0 Å². The summed E-state index contributed by atoms with van der Waals surface area (Å²) in [5.41, 5.74) is 3.12. The summed E-state index contributed by atoms with van der Waals surface area (Å²) < 4.78 is 5.95. The van der Waals surface area contributed by atoms with Crippen molar-refractivity contribution in [3.8, 4) is 5.75 Å². The molecule has 0 spiro atoms. The number of benzene rings is 1. The number of rotatable bonds is 6. The molecular weight excluding hydrogens is 284 g/mol. The SMILES string of the molecule is Cc1cc(OCc2ccc(Cl)cc2)c(CNC(C)C)cn1. The van der Waals surface area contributed by atoms with Crippen LogP contribution in [0.3, 0.4) is 0 Å². The fourth-order valence-electron chi connectivity index (χ4n) is 1.89. The van der Waals surface area contributed by atoms with Crippen LogP contribution >= 0.6 is 11.6 Å². The average molecular weight is 305 g/mol. The lowest BCUT2D eigenvalue weighted by molar-refractivity contribution is 0.301. The van der Waals surface area contributed by atoms with Crippen LogP contribution in [0.1, 0.15) is 30.7 Å². The summed E-state index contributed by atoms with van der Waals surface area (Å²) in [4.78, 5) is 4.35. The number of aromatic nitrogens is 1. The van der Waals surface area contributed by atoms with Crippen LogP contribution in [0, 0.1) is 6.92 Å². The molecule has 2 aromatic rings. The van der Waals surface area contributed by atoms with Gasteiger partial charge in [0.1, 0.15) is 12.4 Å². The van der Waals surface area contributed by atoms with E-state index in [9.17, 15) is 0 Å². The molecule has 1 N–H and O–H groups in total. The van der Waals surface area contributed by atoms with Crippen molar-refractivity contribution in [1.29, 1.82) is 0 Å². The summed E-state index contributed by atoms with van der Waals surface area (Å²) in [6.45, 7) is 7.48. The summed E-state index contributed by atoms with van der Waals surface area (Å²) >= 11 is 5.89. The van der Waals surface area contributed by atoms with E-state index in [2.05, 4.69) is 24.1 Å². The molecule has 1 heterocycles. The van der Waals surface area contributed by atoms with Crippen LogP contribution in [0.4, 0.5) is 0 Å². The minimum absolute atomic E-state index is 0.426. The molecular formula is C17H21ClN2O. The number of ether oxygens (including phenoxy) is 1. The van der Waals surface area contributed by atoms with Gasteiger partial charge in [-0.3, -0.25) is 4.98 Å². The Kier molecular flexibility index (Phi) is 5.59. The van der Waals surface area contributed by atoms with Crippen LogP contribution in [0.25, 0.3) is 0 Å². The van der Waals surface area contributed by atoms with Crippen molar-refractivity contribution in [3.63, 3.8) is 0 Å². The second-order valence-corrected chi connectivity index (χ2v) is 5.82. The van der Waals surface area contributed by atoms with Crippen LogP contribution in [0.5, 0.6) is 5.75 Å². The molecule has 0 aliphatic carbocycles. The topological polar surface area (TPSA) is 34.1 Å². The molecule has 2 rings (SSSR count). The molecule has 0 aliphatic rings. The van der Waals surface area contributed by atoms with Gasteiger partial charge in [-0.1, -0.05) is 37.6 Å². The van der Waals surface area contributed by atoms with E-state index in [-0.39, 0.29) is 0 Å². The first-order valence-electron chi connectivity index (χ1n) is 7.11. The molecule has 4 heteroatoms. The molecule has 0 saturated carbocycles. The molecule has 21 heavy (non-hydrogen) atoms. The molecule has 0 amide bonds. The minimum atomic E-state index is 0.426. The van der Waals surface area contributed by atoms with Crippen molar-refractivity contribution in [2.45, 2.75) is 40.0 Å². The standard InChI is InChI=1S/C17H21ClN2O/c1-12(2)19-9-15-10-20-13(3)8-17(15)21-11-14-4-6-16(18)7-5-14/h4-8,10,12,19H,9,11H2,1-3H3. The summed E-state index contributed by atoms with van der Waals surface area (Å²) in [7, 11) is 0. The highest BCUT2D eigenvalue weighted by molar-refractivity contribution is 6.30. The normalized spacial score (nSPS) is 10.9. The van der Waals surface area contributed by atoms with E-state index in [4.69, 9.17) is 16.3 Å². The molecule has 1 aromatic carbocycles. The summed E-state index contributed by atoms with van der Waals surface area (Å²) in [6.07, 6.45) is 1.88. The summed E-state index contributed by atoms with van der Waals surface area (Å²) in [5, 5.41) is 4.13. The van der Waals surface area contributed by atoms with Crippen molar-refractivity contribution < 1.29 is 4.74 Å². The number of pyridine rings is 1. The van der Waals surface area contributed by atoms with E-state index < -0.39 is 0 Å². The van der Waals surface area contributed by atoms with Crippen molar-refractivity contribution >= 4 is 11.6 Å².